The van der Waals surface area contributed by atoms with Gasteiger partial charge in [0.1, 0.15) is 0 Å². The summed E-state index contributed by atoms with van der Waals surface area (Å²) in [5, 5.41) is 5.97. The molecule has 2 aromatic carbocycles. The number of benzene rings is 2. The minimum Gasteiger partial charge on any atom is -0.376 e. The van der Waals surface area contributed by atoms with Crippen LogP contribution in [0.1, 0.15) is 17.5 Å². The van der Waals surface area contributed by atoms with Crippen LogP contribution in [0.15, 0.2) is 48.5 Å². The van der Waals surface area contributed by atoms with Crippen molar-refractivity contribution in [1.82, 2.24) is 4.90 Å². The van der Waals surface area contributed by atoms with Gasteiger partial charge in [-0.2, -0.15) is 0 Å². The highest BCUT2D eigenvalue weighted by Gasteiger charge is 2.05. The average molecular weight is 339 g/mol. The van der Waals surface area contributed by atoms with E-state index in [1.807, 2.05) is 55.5 Å². The summed E-state index contributed by atoms with van der Waals surface area (Å²) in [6.07, 6.45) is 1.18. The number of carbonyl (C=O) groups is 2. The number of rotatable bonds is 7. The molecule has 0 unspecified atom stereocenters. The van der Waals surface area contributed by atoms with E-state index in [0.29, 0.717) is 12.8 Å². The number of nitrogens with one attached hydrogen (secondary N) is 2. The first-order valence-electron chi connectivity index (χ1n) is 8.33. The summed E-state index contributed by atoms with van der Waals surface area (Å²) in [4.78, 5) is 25.2. The van der Waals surface area contributed by atoms with Crippen LogP contribution in [0.4, 0.5) is 11.4 Å². The van der Waals surface area contributed by atoms with Crippen LogP contribution < -0.4 is 10.6 Å². The van der Waals surface area contributed by atoms with Crippen molar-refractivity contribution in [1.29, 1.82) is 0 Å². The molecule has 0 aliphatic heterocycles. The van der Waals surface area contributed by atoms with Crippen LogP contribution in [0.2, 0.25) is 0 Å². The van der Waals surface area contributed by atoms with Crippen molar-refractivity contribution in [2.75, 3.05) is 31.3 Å². The van der Waals surface area contributed by atoms with Gasteiger partial charge in [0.05, 0.1) is 6.54 Å². The lowest BCUT2D eigenvalue weighted by atomic mass is 10.1. The molecular weight excluding hydrogens is 314 g/mol. The topological polar surface area (TPSA) is 61.4 Å². The van der Waals surface area contributed by atoms with Gasteiger partial charge in [0.2, 0.25) is 11.8 Å². The highest BCUT2D eigenvalue weighted by Crippen LogP contribution is 2.12. The van der Waals surface area contributed by atoms with E-state index in [2.05, 4.69) is 10.6 Å². The molecule has 0 atom stereocenters. The van der Waals surface area contributed by atoms with Crippen LogP contribution in [0.3, 0.4) is 0 Å². The average Bonchev–Trinajstić information content (AvgIpc) is 2.59. The maximum Gasteiger partial charge on any atom is 0.243 e. The van der Waals surface area contributed by atoms with Crippen molar-refractivity contribution < 1.29 is 9.59 Å². The minimum absolute atomic E-state index is 0.1000. The normalized spacial score (nSPS) is 10.2. The van der Waals surface area contributed by atoms with Gasteiger partial charge in [-0.1, -0.05) is 24.3 Å². The first-order chi connectivity index (χ1) is 11.9. The maximum absolute atomic E-state index is 12.0. The maximum atomic E-state index is 12.0. The van der Waals surface area contributed by atoms with Gasteiger partial charge in [-0.25, -0.2) is 0 Å². The van der Waals surface area contributed by atoms with Crippen molar-refractivity contribution >= 4 is 23.2 Å². The van der Waals surface area contributed by atoms with E-state index in [1.165, 1.54) is 0 Å². The van der Waals surface area contributed by atoms with E-state index in [0.717, 1.165) is 22.5 Å². The van der Waals surface area contributed by atoms with Gasteiger partial charge in [0, 0.05) is 31.9 Å². The summed E-state index contributed by atoms with van der Waals surface area (Å²) in [6, 6.07) is 15.5. The fourth-order valence-corrected chi connectivity index (χ4v) is 2.37. The van der Waals surface area contributed by atoms with E-state index in [9.17, 15) is 9.59 Å². The number of anilines is 2. The number of hydrogen-bond acceptors (Lipinski definition) is 3. The van der Waals surface area contributed by atoms with E-state index in [1.54, 1.807) is 19.0 Å². The highest BCUT2D eigenvalue weighted by molar-refractivity contribution is 5.93. The molecule has 5 nitrogen and oxygen atoms in total. The molecule has 2 amide bonds. The van der Waals surface area contributed by atoms with E-state index < -0.39 is 0 Å². The largest absolute Gasteiger partial charge is 0.376 e. The molecule has 5 heteroatoms. The first kappa shape index (κ1) is 18.5. The van der Waals surface area contributed by atoms with Crippen molar-refractivity contribution in [3.63, 3.8) is 0 Å². The molecule has 0 saturated heterocycles. The molecule has 0 bridgehead atoms. The van der Waals surface area contributed by atoms with Crippen molar-refractivity contribution in [2.24, 2.45) is 0 Å². The van der Waals surface area contributed by atoms with Crippen molar-refractivity contribution in [3.05, 3.63) is 59.7 Å². The highest BCUT2D eigenvalue weighted by atomic mass is 16.2. The molecule has 0 aliphatic rings. The van der Waals surface area contributed by atoms with E-state index in [4.69, 9.17) is 0 Å². The zero-order chi connectivity index (χ0) is 18.2. The second-order valence-corrected chi connectivity index (χ2v) is 6.26. The molecule has 2 N–H and O–H groups in total. The first-order valence-corrected chi connectivity index (χ1v) is 8.33. The second-order valence-electron chi connectivity index (χ2n) is 6.26. The summed E-state index contributed by atoms with van der Waals surface area (Å²) < 4.78 is 0. The Morgan fingerprint density at radius 3 is 2.36 bits per heavy atom. The Morgan fingerprint density at radius 1 is 1.00 bits per heavy atom. The van der Waals surface area contributed by atoms with E-state index in [-0.39, 0.29) is 18.4 Å². The van der Waals surface area contributed by atoms with Gasteiger partial charge < -0.3 is 15.5 Å². The lowest BCUT2D eigenvalue weighted by Gasteiger charge is -2.11. The van der Waals surface area contributed by atoms with Gasteiger partial charge in [-0.15, -0.1) is 0 Å². The number of amides is 2. The van der Waals surface area contributed by atoms with E-state index >= 15 is 0 Å². The molecule has 0 fully saturated rings. The lowest BCUT2D eigenvalue weighted by Crippen LogP contribution is -2.22. The monoisotopic (exact) mass is 339 g/mol. The molecule has 132 valence electrons. The Bertz CT molecular complexity index is 724. The Morgan fingerprint density at radius 2 is 1.72 bits per heavy atom. The Balaban J connectivity index is 1.80. The number of nitrogens with zero attached hydrogens (tertiary/aromatic N) is 1. The van der Waals surface area contributed by atoms with Gasteiger partial charge in [0.25, 0.3) is 0 Å². The minimum atomic E-state index is -0.1000. The predicted octanol–water partition coefficient (Wildman–Crippen LogP) is 3.07. The Labute approximate surface area is 149 Å². The smallest absolute Gasteiger partial charge is 0.243 e. The summed E-state index contributed by atoms with van der Waals surface area (Å²) in [5.74, 6) is 0.0108. The summed E-state index contributed by atoms with van der Waals surface area (Å²) in [7, 11) is 3.51. The standard InChI is InChI=1S/C20H25N3O2/c1-15-5-4-6-18(13-15)21-14-19(24)22-17-10-7-16(8-11-17)9-12-20(25)23(2)3/h4-8,10-11,13,21H,9,12,14H2,1-3H3,(H,22,24). The van der Waals surface area contributed by atoms with Gasteiger partial charge in [-0.05, 0) is 48.7 Å². The van der Waals surface area contributed by atoms with Crippen LogP contribution in [0, 0.1) is 6.92 Å². The van der Waals surface area contributed by atoms with Crippen LogP contribution >= 0.6 is 0 Å². The molecule has 0 spiro atoms. The summed E-state index contributed by atoms with van der Waals surface area (Å²) in [6.45, 7) is 2.22. The molecule has 2 rings (SSSR count). The fraction of sp³-hybridized carbons (Fsp3) is 0.300. The fourth-order valence-electron chi connectivity index (χ4n) is 2.37. The molecular formula is C20H25N3O2. The van der Waals surface area contributed by atoms with Gasteiger partial charge in [0.15, 0.2) is 0 Å². The quantitative estimate of drug-likeness (QED) is 0.815. The molecule has 0 aliphatic carbocycles. The van der Waals surface area contributed by atoms with Crippen LogP contribution in [-0.2, 0) is 16.0 Å². The van der Waals surface area contributed by atoms with Crippen LogP contribution in [0.25, 0.3) is 0 Å². The van der Waals surface area contributed by atoms with Gasteiger partial charge >= 0.3 is 0 Å². The predicted molar refractivity (Wildman–Crippen MR) is 102 cm³/mol. The molecule has 0 radical (unpaired) electrons. The molecule has 0 heterocycles. The number of aryl methyl sites for hydroxylation is 2. The lowest BCUT2D eigenvalue weighted by molar-refractivity contribution is -0.128. The third kappa shape index (κ3) is 6.30. The third-order valence-corrected chi connectivity index (χ3v) is 3.84. The molecule has 0 saturated carbocycles. The van der Waals surface area contributed by atoms with Crippen LogP contribution in [0.5, 0.6) is 0 Å². The third-order valence-electron chi connectivity index (χ3n) is 3.84. The second kappa shape index (κ2) is 8.87. The summed E-state index contributed by atoms with van der Waals surface area (Å²) in [5.41, 5.74) is 3.90. The SMILES string of the molecule is Cc1cccc(NCC(=O)Nc2ccc(CCC(=O)N(C)C)cc2)c1. The van der Waals surface area contributed by atoms with Crippen molar-refractivity contribution in [3.8, 4) is 0 Å². The zero-order valence-corrected chi connectivity index (χ0v) is 15.0. The van der Waals surface area contributed by atoms with Gasteiger partial charge in [-0.3, -0.25) is 9.59 Å². The zero-order valence-electron chi connectivity index (χ0n) is 15.0. The van der Waals surface area contributed by atoms with Crippen LogP contribution in [-0.4, -0.2) is 37.4 Å². The number of carbonyl (C=O) groups excluding carboxylic acids is 2. The molecule has 0 aromatic heterocycles. The number of hydrogen-bond donors (Lipinski definition) is 2. The molecule has 25 heavy (non-hydrogen) atoms. The van der Waals surface area contributed by atoms with Crippen molar-refractivity contribution in [2.45, 2.75) is 19.8 Å². The summed E-state index contributed by atoms with van der Waals surface area (Å²) >= 11 is 0. The Kier molecular flexibility index (Phi) is 6.57. The molecule has 2 aromatic rings. The Hall–Kier alpha value is -2.82.